The van der Waals surface area contributed by atoms with E-state index in [1.165, 1.54) is 10.9 Å². The molecule has 0 fully saturated rings. The molecule has 0 radical (unpaired) electrons. The van der Waals surface area contributed by atoms with E-state index in [2.05, 4.69) is 65.5 Å². The fourth-order valence-electron chi connectivity index (χ4n) is 3.73. The number of carbonyl (C=O) groups is 1. The van der Waals surface area contributed by atoms with Crippen LogP contribution in [0.15, 0.2) is 83.6 Å². The number of amides is 1. The van der Waals surface area contributed by atoms with Gasteiger partial charge in [-0.05, 0) is 41.6 Å². The lowest BCUT2D eigenvalue weighted by Gasteiger charge is -2.09. The van der Waals surface area contributed by atoms with Crippen LogP contribution in [0.1, 0.15) is 20.9 Å². The van der Waals surface area contributed by atoms with Crippen molar-refractivity contribution in [2.24, 2.45) is 0 Å². The van der Waals surface area contributed by atoms with Crippen LogP contribution in [0.3, 0.4) is 0 Å². The minimum Gasteiger partial charge on any atom is -0.352 e. The number of aryl methyl sites for hydroxylation is 1. The fourth-order valence-corrected chi connectivity index (χ4v) is 5.38. The third kappa shape index (κ3) is 4.35. The Morgan fingerprint density at radius 3 is 2.56 bits per heavy atom. The van der Waals surface area contributed by atoms with E-state index < -0.39 is 0 Å². The summed E-state index contributed by atoms with van der Waals surface area (Å²) < 4.78 is 1.13. The molecule has 0 saturated heterocycles. The van der Waals surface area contributed by atoms with Crippen molar-refractivity contribution in [2.45, 2.75) is 13.3 Å². The number of fused-ring (bicyclic) bond motifs is 1. The van der Waals surface area contributed by atoms with E-state index in [-0.39, 0.29) is 5.91 Å². The lowest BCUT2D eigenvalue weighted by Crippen LogP contribution is -2.25. The first kappa shape index (κ1) is 20.6. The van der Waals surface area contributed by atoms with Crippen LogP contribution in [-0.4, -0.2) is 17.4 Å². The molecule has 1 N–H and O–H groups in total. The van der Waals surface area contributed by atoms with E-state index in [0.717, 1.165) is 38.5 Å². The molecule has 0 atom stereocenters. The van der Waals surface area contributed by atoms with Crippen molar-refractivity contribution in [2.75, 3.05) is 6.54 Å². The Morgan fingerprint density at radius 2 is 1.75 bits per heavy atom. The van der Waals surface area contributed by atoms with Gasteiger partial charge in [-0.1, -0.05) is 60.2 Å². The minimum atomic E-state index is -0.0477. The summed E-state index contributed by atoms with van der Waals surface area (Å²) in [6, 6.07) is 24.7. The van der Waals surface area contributed by atoms with Gasteiger partial charge in [-0.25, -0.2) is 4.98 Å². The van der Waals surface area contributed by atoms with E-state index in [1.54, 1.807) is 22.7 Å². The van der Waals surface area contributed by atoms with E-state index in [9.17, 15) is 4.79 Å². The lowest BCUT2D eigenvalue weighted by atomic mass is 9.98. The van der Waals surface area contributed by atoms with Crippen LogP contribution in [0.25, 0.3) is 32.5 Å². The summed E-state index contributed by atoms with van der Waals surface area (Å²) in [4.78, 5) is 17.7. The smallest absolute Gasteiger partial charge is 0.251 e. The molecule has 0 saturated carbocycles. The normalized spacial score (nSPS) is 11.0. The predicted molar refractivity (Wildman–Crippen MR) is 136 cm³/mol. The first-order chi connectivity index (χ1) is 15.7. The molecule has 5 aromatic rings. The molecule has 3 nitrogen and oxygen atoms in total. The van der Waals surface area contributed by atoms with Gasteiger partial charge in [-0.2, -0.15) is 0 Å². The molecule has 5 rings (SSSR count). The molecule has 2 aromatic heterocycles. The second-order valence-electron chi connectivity index (χ2n) is 7.72. The van der Waals surface area contributed by atoms with Gasteiger partial charge < -0.3 is 5.32 Å². The van der Waals surface area contributed by atoms with Crippen molar-refractivity contribution in [3.05, 3.63) is 99.7 Å². The molecule has 1 amide bonds. The maximum atomic E-state index is 12.9. The Labute approximate surface area is 195 Å². The number of aromatic nitrogens is 1. The van der Waals surface area contributed by atoms with Crippen LogP contribution in [0.5, 0.6) is 0 Å². The SMILES string of the molecule is Cc1ccc(-c2cc(C(=O)NCCc3nc(-c4ccccc4)cs3)cc3sccc23)cc1. The van der Waals surface area contributed by atoms with E-state index in [4.69, 9.17) is 4.98 Å². The van der Waals surface area contributed by atoms with E-state index in [1.807, 2.05) is 30.3 Å². The molecule has 0 bridgehead atoms. The average molecular weight is 455 g/mol. The zero-order chi connectivity index (χ0) is 21.9. The third-order valence-corrected chi connectivity index (χ3v) is 7.21. The highest BCUT2D eigenvalue weighted by molar-refractivity contribution is 7.17. The molecule has 5 heteroatoms. The number of rotatable bonds is 6. The number of thiophene rings is 1. The number of nitrogens with zero attached hydrogens (tertiary/aromatic N) is 1. The van der Waals surface area contributed by atoms with Gasteiger partial charge in [0.25, 0.3) is 5.91 Å². The average Bonchev–Trinajstić information content (AvgIpc) is 3.49. The second kappa shape index (κ2) is 9.07. The number of carbonyl (C=O) groups excluding carboxylic acids is 1. The molecule has 32 heavy (non-hydrogen) atoms. The standard InChI is InChI=1S/C27H22N2OS2/c1-18-7-9-19(10-8-18)23-15-21(16-25-22(23)12-14-31-25)27(30)28-13-11-26-29-24(17-32-26)20-5-3-2-4-6-20/h2-10,12,14-17H,11,13H2,1H3,(H,28,30). The molecular weight excluding hydrogens is 432 g/mol. The Kier molecular flexibility index (Phi) is 5.84. The quantitative estimate of drug-likeness (QED) is 0.301. The summed E-state index contributed by atoms with van der Waals surface area (Å²) >= 11 is 3.30. The van der Waals surface area contributed by atoms with Crippen molar-refractivity contribution < 1.29 is 4.79 Å². The van der Waals surface area contributed by atoms with Crippen molar-refractivity contribution >= 4 is 38.7 Å². The van der Waals surface area contributed by atoms with Crippen LogP contribution < -0.4 is 5.32 Å². The Bertz CT molecular complexity index is 1370. The number of benzene rings is 3. The van der Waals surface area contributed by atoms with Crippen LogP contribution in [0.4, 0.5) is 0 Å². The predicted octanol–water partition coefficient (Wildman–Crippen LogP) is 6.97. The maximum absolute atomic E-state index is 12.9. The topological polar surface area (TPSA) is 42.0 Å². The van der Waals surface area contributed by atoms with Gasteiger partial charge in [0, 0.05) is 39.6 Å². The molecule has 0 aliphatic rings. The molecule has 158 valence electrons. The molecule has 0 aliphatic carbocycles. The first-order valence-corrected chi connectivity index (χ1v) is 12.3. The van der Waals surface area contributed by atoms with Gasteiger partial charge in [0.1, 0.15) is 0 Å². The van der Waals surface area contributed by atoms with Crippen LogP contribution in [-0.2, 0) is 6.42 Å². The molecular formula is C27H22N2OS2. The summed E-state index contributed by atoms with van der Waals surface area (Å²) in [7, 11) is 0. The summed E-state index contributed by atoms with van der Waals surface area (Å²) in [6.45, 7) is 2.64. The Morgan fingerprint density at radius 1 is 0.938 bits per heavy atom. The molecule has 0 spiro atoms. The Hall–Kier alpha value is -3.28. The first-order valence-electron chi connectivity index (χ1n) is 10.5. The summed E-state index contributed by atoms with van der Waals surface area (Å²) in [6.07, 6.45) is 0.718. The number of hydrogen-bond donors (Lipinski definition) is 1. The highest BCUT2D eigenvalue weighted by Crippen LogP contribution is 2.33. The van der Waals surface area contributed by atoms with Gasteiger partial charge in [0.15, 0.2) is 0 Å². The van der Waals surface area contributed by atoms with Gasteiger partial charge >= 0.3 is 0 Å². The highest BCUT2D eigenvalue weighted by atomic mass is 32.1. The number of hydrogen-bond acceptors (Lipinski definition) is 4. The molecule has 3 aromatic carbocycles. The summed E-state index contributed by atoms with van der Waals surface area (Å²) in [5.41, 5.74) is 6.25. The van der Waals surface area contributed by atoms with Crippen molar-refractivity contribution in [1.82, 2.24) is 10.3 Å². The van der Waals surface area contributed by atoms with Gasteiger partial charge in [0.05, 0.1) is 10.7 Å². The van der Waals surface area contributed by atoms with Gasteiger partial charge in [0.2, 0.25) is 0 Å². The molecule has 0 aliphatic heterocycles. The van der Waals surface area contributed by atoms with Crippen LogP contribution in [0.2, 0.25) is 0 Å². The fraction of sp³-hybridized carbons (Fsp3) is 0.111. The van der Waals surface area contributed by atoms with Crippen LogP contribution in [0, 0.1) is 6.92 Å². The second-order valence-corrected chi connectivity index (χ2v) is 9.61. The van der Waals surface area contributed by atoms with Gasteiger partial charge in [-0.3, -0.25) is 4.79 Å². The van der Waals surface area contributed by atoms with Crippen molar-refractivity contribution in [1.29, 1.82) is 0 Å². The number of thiazole rings is 1. The zero-order valence-electron chi connectivity index (χ0n) is 17.7. The number of nitrogens with one attached hydrogen (secondary N) is 1. The third-order valence-electron chi connectivity index (χ3n) is 5.44. The van der Waals surface area contributed by atoms with Crippen LogP contribution >= 0.6 is 22.7 Å². The summed E-state index contributed by atoms with van der Waals surface area (Å²) in [5, 5.41) is 9.44. The van der Waals surface area contributed by atoms with Gasteiger partial charge in [-0.15, -0.1) is 22.7 Å². The summed E-state index contributed by atoms with van der Waals surface area (Å²) in [5.74, 6) is -0.0477. The minimum absolute atomic E-state index is 0.0477. The van der Waals surface area contributed by atoms with E-state index in [0.29, 0.717) is 12.1 Å². The zero-order valence-corrected chi connectivity index (χ0v) is 19.3. The molecule has 2 heterocycles. The lowest BCUT2D eigenvalue weighted by molar-refractivity contribution is 0.0954. The van der Waals surface area contributed by atoms with Crippen molar-refractivity contribution in [3.63, 3.8) is 0 Å². The monoisotopic (exact) mass is 454 g/mol. The largest absolute Gasteiger partial charge is 0.352 e. The Balaban J connectivity index is 1.30. The van der Waals surface area contributed by atoms with E-state index >= 15 is 0 Å². The maximum Gasteiger partial charge on any atom is 0.251 e. The highest BCUT2D eigenvalue weighted by Gasteiger charge is 2.13. The molecule has 0 unspecified atom stereocenters. The van der Waals surface area contributed by atoms with Crippen molar-refractivity contribution in [3.8, 4) is 22.4 Å².